The maximum atomic E-state index is 11.3. The number of nitrogens with zero attached hydrogens (tertiary/aromatic N) is 2. The lowest BCUT2D eigenvalue weighted by Crippen LogP contribution is -2.30. The van der Waals surface area contributed by atoms with Crippen molar-refractivity contribution in [2.45, 2.75) is 20.4 Å². The van der Waals surface area contributed by atoms with E-state index in [1.807, 2.05) is 13.8 Å². The van der Waals surface area contributed by atoms with Gasteiger partial charge in [0.1, 0.15) is 0 Å². The van der Waals surface area contributed by atoms with E-state index in [-0.39, 0.29) is 11.6 Å². The molecule has 76 valence electrons. The van der Waals surface area contributed by atoms with Crippen molar-refractivity contribution in [3.63, 3.8) is 0 Å². The Kier molecular flexibility index (Phi) is 3.35. The van der Waals surface area contributed by atoms with Crippen molar-refractivity contribution in [3.05, 3.63) is 28.4 Å². The first-order valence-corrected chi connectivity index (χ1v) is 4.74. The Balaban J connectivity index is 2.91. The van der Waals surface area contributed by atoms with E-state index in [4.69, 9.17) is 18.0 Å². The van der Waals surface area contributed by atoms with Crippen LogP contribution in [-0.2, 0) is 6.54 Å². The lowest BCUT2D eigenvalue weighted by Gasteiger charge is -2.11. The van der Waals surface area contributed by atoms with Crippen LogP contribution in [0, 0.1) is 12.8 Å². The van der Waals surface area contributed by atoms with Crippen molar-refractivity contribution < 1.29 is 0 Å². The molecule has 1 rings (SSSR count). The summed E-state index contributed by atoms with van der Waals surface area (Å²) in [6.45, 7) is 4.26. The van der Waals surface area contributed by atoms with Crippen LogP contribution in [0.1, 0.15) is 12.5 Å². The topological polar surface area (TPSA) is 60.9 Å². The van der Waals surface area contributed by atoms with Crippen LogP contribution >= 0.6 is 12.2 Å². The van der Waals surface area contributed by atoms with E-state index in [0.29, 0.717) is 11.5 Å². The molecule has 1 aromatic rings. The van der Waals surface area contributed by atoms with Crippen molar-refractivity contribution in [3.8, 4) is 0 Å². The number of hydrogen-bond donors (Lipinski definition) is 1. The number of thiocarbonyl (C=S) groups is 1. The van der Waals surface area contributed by atoms with Gasteiger partial charge in [0, 0.05) is 24.9 Å². The summed E-state index contributed by atoms with van der Waals surface area (Å²) in [5.41, 5.74) is 6.15. The second kappa shape index (κ2) is 4.32. The number of aromatic nitrogens is 2. The highest BCUT2D eigenvalue weighted by molar-refractivity contribution is 7.80. The van der Waals surface area contributed by atoms with Crippen LogP contribution in [0.4, 0.5) is 0 Å². The Bertz CT molecular complexity index is 399. The summed E-state index contributed by atoms with van der Waals surface area (Å²) >= 11 is 4.84. The minimum atomic E-state index is -0.265. The zero-order valence-electron chi connectivity index (χ0n) is 8.23. The van der Waals surface area contributed by atoms with Crippen LogP contribution in [0.25, 0.3) is 0 Å². The molecule has 14 heavy (non-hydrogen) atoms. The third kappa shape index (κ3) is 2.63. The van der Waals surface area contributed by atoms with Crippen LogP contribution in [-0.4, -0.2) is 14.5 Å². The number of nitrogens with two attached hydrogens (primary N) is 1. The summed E-state index contributed by atoms with van der Waals surface area (Å²) in [5, 5.41) is 0. The van der Waals surface area contributed by atoms with Crippen molar-refractivity contribution in [1.82, 2.24) is 9.55 Å². The van der Waals surface area contributed by atoms with E-state index in [0.717, 1.165) is 5.56 Å². The first-order chi connectivity index (χ1) is 6.50. The monoisotopic (exact) mass is 211 g/mol. The Labute approximate surface area is 87.8 Å². The fraction of sp³-hybridized carbons (Fsp3) is 0.444. The SMILES string of the molecule is Cc1cnc(=O)n(CC(C)C(N)=S)c1. The second-order valence-corrected chi connectivity index (χ2v) is 3.84. The van der Waals surface area contributed by atoms with E-state index in [9.17, 15) is 4.79 Å². The van der Waals surface area contributed by atoms with Gasteiger partial charge in [0.25, 0.3) is 0 Å². The van der Waals surface area contributed by atoms with E-state index < -0.39 is 0 Å². The van der Waals surface area contributed by atoms with Gasteiger partial charge in [0.15, 0.2) is 0 Å². The molecule has 0 radical (unpaired) electrons. The lowest BCUT2D eigenvalue weighted by atomic mass is 10.2. The molecule has 0 aliphatic heterocycles. The highest BCUT2D eigenvalue weighted by atomic mass is 32.1. The molecule has 0 fully saturated rings. The summed E-state index contributed by atoms with van der Waals surface area (Å²) < 4.78 is 1.53. The molecular weight excluding hydrogens is 198 g/mol. The molecule has 5 heteroatoms. The largest absolute Gasteiger partial charge is 0.393 e. The van der Waals surface area contributed by atoms with E-state index >= 15 is 0 Å². The van der Waals surface area contributed by atoms with Crippen LogP contribution < -0.4 is 11.4 Å². The van der Waals surface area contributed by atoms with Crippen LogP contribution in [0.5, 0.6) is 0 Å². The lowest BCUT2D eigenvalue weighted by molar-refractivity contribution is 0.567. The maximum Gasteiger partial charge on any atom is 0.347 e. The molecule has 0 aliphatic rings. The fourth-order valence-corrected chi connectivity index (χ4v) is 1.16. The Morgan fingerprint density at radius 2 is 2.43 bits per heavy atom. The summed E-state index contributed by atoms with van der Waals surface area (Å²) in [6, 6.07) is 0. The first kappa shape index (κ1) is 10.8. The normalized spacial score (nSPS) is 12.4. The molecule has 1 aromatic heterocycles. The van der Waals surface area contributed by atoms with Crippen molar-refractivity contribution in [2.24, 2.45) is 11.7 Å². The average molecular weight is 211 g/mol. The Morgan fingerprint density at radius 3 is 3.00 bits per heavy atom. The zero-order chi connectivity index (χ0) is 10.7. The quantitative estimate of drug-likeness (QED) is 0.738. The summed E-state index contributed by atoms with van der Waals surface area (Å²) in [7, 11) is 0. The molecule has 1 heterocycles. The smallest absolute Gasteiger partial charge is 0.347 e. The molecule has 0 aliphatic carbocycles. The molecule has 1 unspecified atom stereocenters. The van der Waals surface area contributed by atoms with E-state index in [2.05, 4.69) is 4.98 Å². The molecule has 0 saturated carbocycles. The fourth-order valence-electron chi connectivity index (χ4n) is 1.08. The van der Waals surface area contributed by atoms with Crippen molar-refractivity contribution in [2.75, 3.05) is 0 Å². The number of aryl methyl sites for hydroxylation is 1. The number of hydrogen-bond acceptors (Lipinski definition) is 3. The molecule has 0 saturated heterocycles. The Hall–Kier alpha value is -1.23. The molecular formula is C9H13N3OS. The summed E-state index contributed by atoms with van der Waals surface area (Å²) in [5.74, 6) is 0.00583. The molecule has 4 nitrogen and oxygen atoms in total. The van der Waals surface area contributed by atoms with E-state index in [1.54, 1.807) is 12.4 Å². The van der Waals surface area contributed by atoms with Crippen LogP contribution in [0.2, 0.25) is 0 Å². The van der Waals surface area contributed by atoms with Gasteiger partial charge in [0.2, 0.25) is 0 Å². The van der Waals surface area contributed by atoms with Crippen molar-refractivity contribution in [1.29, 1.82) is 0 Å². The molecule has 2 N–H and O–H groups in total. The third-order valence-electron chi connectivity index (χ3n) is 1.94. The first-order valence-electron chi connectivity index (χ1n) is 4.33. The highest BCUT2D eigenvalue weighted by Crippen LogP contribution is 1.99. The van der Waals surface area contributed by atoms with Gasteiger partial charge in [-0.15, -0.1) is 0 Å². The zero-order valence-corrected chi connectivity index (χ0v) is 9.04. The summed E-state index contributed by atoms with van der Waals surface area (Å²) in [6.07, 6.45) is 3.30. The summed E-state index contributed by atoms with van der Waals surface area (Å²) in [4.78, 5) is 15.4. The molecule has 0 aromatic carbocycles. The predicted molar refractivity (Wildman–Crippen MR) is 59.2 cm³/mol. The highest BCUT2D eigenvalue weighted by Gasteiger charge is 2.07. The standard InChI is InChI=1S/C9H13N3OS/c1-6-3-11-9(13)12(4-6)5-7(2)8(10)14/h3-4,7H,5H2,1-2H3,(H2,10,14). The van der Waals surface area contributed by atoms with Gasteiger partial charge >= 0.3 is 5.69 Å². The van der Waals surface area contributed by atoms with Gasteiger partial charge in [-0.3, -0.25) is 4.57 Å². The average Bonchev–Trinajstić information content (AvgIpc) is 2.11. The van der Waals surface area contributed by atoms with Gasteiger partial charge in [0.05, 0.1) is 4.99 Å². The Morgan fingerprint density at radius 1 is 1.79 bits per heavy atom. The van der Waals surface area contributed by atoms with E-state index in [1.165, 1.54) is 4.57 Å². The van der Waals surface area contributed by atoms with Crippen LogP contribution in [0.15, 0.2) is 17.2 Å². The predicted octanol–water partition coefficient (Wildman–Crippen LogP) is 0.474. The van der Waals surface area contributed by atoms with Crippen LogP contribution in [0.3, 0.4) is 0 Å². The number of rotatable bonds is 3. The van der Waals surface area contributed by atoms with Crippen molar-refractivity contribution >= 4 is 17.2 Å². The second-order valence-electron chi connectivity index (χ2n) is 3.37. The van der Waals surface area contributed by atoms with Gasteiger partial charge in [-0.05, 0) is 12.5 Å². The van der Waals surface area contributed by atoms with Gasteiger partial charge in [-0.25, -0.2) is 9.78 Å². The molecule has 1 atom stereocenters. The molecule has 0 bridgehead atoms. The minimum absolute atomic E-state index is 0.00583. The maximum absolute atomic E-state index is 11.3. The van der Waals surface area contributed by atoms with Gasteiger partial charge in [-0.2, -0.15) is 0 Å². The van der Waals surface area contributed by atoms with Gasteiger partial charge < -0.3 is 5.73 Å². The third-order valence-corrected chi connectivity index (χ3v) is 2.34. The minimum Gasteiger partial charge on any atom is -0.393 e. The molecule has 0 amide bonds. The molecule has 0 spiro atoms. The van der Waals surface area contributed by atoms with Gasteiger partial charge in [-0.1, -0.05) is 19.1 Å².